The Balaban J connectivity index is 1.93. The number of halogens is 2. The normalized spacial score (nSPS) is 13.4. The van der Waals surface area contributed by atoms with E-state index in [1.54, 1.807) is 13.0 Å². The van der Waals surface area contributed by atoms with E-state index >= 15 is 0 Å². The number of nitrogens with one attached hydrogen (secondary N) is 1. The van der Waals surface area contributed by atoms with Crippen molar-refractivity contribution in [2.75, 3.05) is 0 Å². The SMILES string of the molecule is CC(Sc1ccc(F)cc1F)/C(O)=C(\C#N)c1nc2ccccc2[nH]1. The number of aromatic amines is 1. The fraction of sp³-hybridized carbons (Fsp3) is 0.111. The highest BCUT2D eigenvalue weighted by atomic mass is 32.2. The summed E-state index contributed by atoms with van der Waals surface area (Å²) in [5, 5.41) is 19.2. The maximum atomic E-state index is 13.8. The van der Waals surface area contributed by atoms with E-state index in [-0.39, 0.29) is 22.1 Å². The number of imidazole rings is 1. The molecule has 1 aromatic heterocycles. The van der Waals surface area contributed by atoms with Crippen LogP contribution in [-0.4, -0.2) is 20.3 Å². The van der Waals surface area contributed by atoms with Crippen LogP contribution in [0, 0.1) is 23.0 Å². The van der Waals surface area contributed by atoms with Gasteiger partial charge in [0.2, 0.25) is 0 Å². The summed E-state index contributed by atoms with van der Waals surface area (Å²) in [5.41, 5.74) is 1.39. The summed E-state index contributed by atoms with van der Waals surface area (Å²) in [6.07, 6.45) is 0. The number of allylic oxidation sites excluding steroid dienone is 1. The van der Waals surface area contributed by atoms with Crippen molar-refractivity contribution in [3.63, 3.8) is 0 Å². The molecule has 1 heterocycles. The molecule has 25 heavy (non-hydrogen) atoms. The molecule has 3 rings (SSSR count). The number of thioether (sulfide) groups is 1. The van der Waals surface area contributed by atoms with Crippen molar-refractivity contribution in [3.05, 3.63) is 65.7 Å². The van der Waals surface area contributed by atoms with Gasteiger partial charge in [0, 0.05) is 11.0 Å². The quantitative estimate of drug-likeness (QED) is 0.399. The van der Waals surface area contributed by atoms with Crippen molar-refractivity contribution in [3.8, 4) is 6.07 Å². The Labute approximate surface area is 146 Å². The van der Waals surface area contributed by atoms with Crippen LogP contribution in [0.4, 0.5) is 8.78 Å². The van der Waals surface area contributed by atoms with Crippen LogP contribution in [0.1, 0.15) is 12.7 Å². The molecule has 0 aliphatic rings. The summed E-state index contributed by atoms with van der Waals surface area (Å²) in [5.74, 6) is -1.37. The second-order valence-corrected chi connectivity index (χ2v) is 6.69. The lowest BCUT2D eigenvalue weighted by Crippen LogP contribution is -2.05. The van der Waals surface area contributed by atoms with E-state index in [1.165, 1.54) is 6.07 Å². The number of aromatic nitrogens is 2. The van der Waals surface area contributed by atoms with E-state index < -0.39 is 16.9 Å². The van der Waals surface area contributed by atoms with Crippen LogP contribution in [0.2, 0.25) is 0 Å². The number of nitrogens with zero attached hydrogens (tertiary/aromatic N) is 2. The van der Waals surface area contributed by atoms with E-state index in [0.717, 1.165) is 29.4 Å². The van der Waals surface area contributed by atoms with E-state index in [9.17, 15) is 19.1 Å². The van der Waals surface area contributed by atoms with Gasteiger partial charge in [-0.2, -0.15) is 5.26 Å². The smallest absolute Gasteiger partial charge is 0.152 e. The average Bonchev–Trinajstić information content (AvgIpc) is 3.01. The Morgan fingerprint density at radius 2 is 2.04 bits per heavy atom. The maximum Gasteiger partial charge on any atom is 0.152 e. The number of aliphatic hydroxyl groups is 1. The number of nitriles is 1. The first-order chi connectivity index (χ1) is 12.0. The van der Waals surface area contributed by atoms with Crippen molar-refractivity contribution in [1.82, 2.24) is 9.97 Å². The zero-order chi connectivity index (χ0) is 18.0. The Morgan fingerprint density at radius 3 is 2.72 bits per heavy atom. The first-order valence-electron chi connectivity index (χ1n) is 7.39. The summed E-state index contributed by atoms with van der Waals surface area (Å²) in [4.78, 5) is 7.46. The Morgan fingerprint density at radius 1 is 1.28 bits per heavy atom. The number of hydrogen-bond acceptors (Lipinski definition) is 4. The van der Waals surface area contributed by atoms with Crippen LogP contribution in [-0.2, 0) is 0 Å². The van der Waals surface area contributed by atoms with Gasteiger partial charge in [0.15, 0.2) is 5.82 Å². The van der Waals surface area contributed by atoms with Gasteiger partial charge in [0.05, 0.1) is 16.3 Å². The maximum absolute atomic E-state index is 13.8. The van der Waals surface area contributed by atoms with Gasteiger partial charge in [-0.1, -0.05) is 12.1 Å². The number of rotatable bonds is 4. The second-order valence-electron chi connectivity index (χ2n) is 5.31. The third-order valence-electron chi connectivity index (χ3n) is 3.58. The summed E-state index contributed by atoms with van der Waals surface area (Å²) in [6.45, 7) is 1.63. The molecule has 0 aliphatic heterocycles. The van der Waals surface area contributed by atoms with Gasteiger partial charge in [-0.05, 0) is 31.2 Å². The fourth-order valence-electron chi connectivity index (χ4n) is 2.32. The third kappa shape index (κ3) is 3.49. The molecule has 126 valence electrons. The molecule has 1 unspecified atom stereocenters. The van der Waals surface area contributed by atoms with Gasteiger partial charge in [-0.25, -0.2) is 13.8 Å². The van der Waals surface area contributed by atoms with Crippen LogP contribution in [0.25, 0.3) is 16.6 Å². The average molecular weight is 357 g/mol. The first kappa shape index (κ1) is 17.0. The monoisotopic (exact) mass is 357 g/mol. The summed E-state index contributed by atoms with van der Waals surface area (Å²) in [7, 11) is 0. The Bertz CT molecular complexity index is 974. The van der Waals surface area contributed by atoms with Crippen molar-refractivity contribution in [2.45, 2.75) is 17.1 Å². The molecule has 2 N–H and O–H groups in total. The zero-order valence-electron chi connectivity index (χ0n) is 13.1. The number of H-pyrrole nitrogens is 1. The van der Waals surface area contributed by atoms with Gasteiger partial charge in [0.1, 0.15) is 29.0 Å². The highest BCUT2D eigenvalue weighted by Gasteiger charge is 2.20. The van der Waals surface area contributed by atoms with Crippen molar-refractivity contribution < 1.29 is 13.9 Å². The second kappa shape index (κ2) is 6.95. The molecule has 7 heteroatoms. The molecule has 0 amide bonds. The van der Waals surface area contributed by atoms with Crippen molar-refractivity contribution in [1.29, 1.82) is 5.26 Å². The molecule has 0 radical (unpaired) electrons. The van der Waals surface area contributed by atoms with E-state index in [2.05, 4.69) is 9.97 Å². The third-order valence-corrected chi connectivity index (χ3v) is 4.74. The molecule has 0 saturated heterocycles. The van der Waals surface area contributed by atoms with Gasteiger partial charge < -0.3 is 10.1 Å². The molecular weight excluding hydrogens is 344 g/mol. The van der Waals surface area contributed by atoms with Gasteiger partial charge in [0.25, 0.3) is 0 Å². The van der Waals surface area contributed by atoms with E-state index in [1.807, 2.05) is 24.3 Å². The number of fused-ring (bicyclic) bond motifs is 1. The van der Waals surface area contributed by atoms with E-state index in [0.29, 0.717) is 5.52 Å². The number of para-hydroxylation sites is 2. The predicted molar refractivity (Wildman–Crippen MR) is 92.9 cm³/mol. The summed E-state index contributed by atoms with van der Waals surface area (Å²) >= 11 is 0.990. The van der Waals surface area contributed by atoms with Crippen LogP contribution in [0.5, 0.6) is 0 Å². The molecular formula is C18H13F2N3OS. The van der Waals surface area contributed by atoms with Crippen molar-refractivity contribution in [2.24, 2.45) is 0 Å². The lowest BCUT2D eigenvalue weighted by Gasteiger charge is -2.12. The highest BCUT2D eigenvalue weighted by molar-refractivity contribution is 8.00. The molecule has 0 aliphatic carbocycles. The van der Waals surface area contributed by atoms with Crippen molar-refractivity contribution >= 4 is 28.4 Å². The molecule has 3 aromatic rings. The lowest BCUT2D eigenvalue weighted by atomic mass is 10.2. The fourth-order valence-corrected chi connectivity index (χ4v) is 3.25. The molecule has 0 fully saturated rings. The topological polar surface area (TPSA) is 72.7 Å². The largest absolute Gasteiger partial charge is 0.510 e. The first-order valence-corrected chi connectivity index (χ1v) is 8.27. The Hall–Kier alpha value is -2.85. The van der Waals surface area contributed by atoms with Crippen LogP contribution >= 0.6 is 11.8 Å². The molecule has 0 bridgehead atoms. The summed E-state index contributed by atoms with van der Waals surface area (Å²) in [6, 6.07) is 12.4. The van der Waals surface area contributed by atoms with Crippen LogP contribution in [0.3, 0.4) is 0 Å². The molecule has 2 aromatic carbocycles. The number of hydrogen-bond donors (Lipinski definition) is 2. The summed E-state index contributed by atoms with van der Waals surface area (Å²) < 4.78 is 26.8. The highest BCUT2D eigenvalue weighted by Crippen LogP contribution is 2.32. The molecule has 1 atom stereocenters. The Kier molecular flexibility index (Phi) is 4.72. The van der Waals surface area contributed by atoms with Crippen LogP contribution < -0.4 is 0 Å². The van der Waals surface area contributed by atoms with Gasteiger partial charge >= 0.3 is 0 Å². The standard InChI is InChI=1S/C18H13F2N3OS/c1-10(25-16-7-6-11(19)8-13(16)20)17(24)12(9-21)18-22-14-4-2-3-5-15(14)23-18/h2-8,10,24H,1H3,(H,22,23)/b17-12-. The number of aliphatic hydroxyl groups excluding tert-OH is 1. The van der Waals surface area contributed by atoms with E-state index in [4.69, 9.17) is 0 Å². The molecule has 0 saturated carbocycles. The zero-order valence-corrected chi connectivity index (χ0v) is 13.9. The minimum Gasteiger partial charge on any atom is -0.510 e. The van der Waals surface area contributed by atoms with Crippen LogP contribution in [0.15, 0.2) is 53.1 Å². The molecule has 0 spiro atoms. The molecule has 4 nitrogen and oxygen atoms in total. The van der Waals surface area contributed by atoms with Gasteiger partial charge in [-0.3, -0.25) is 0 Å². The van der Waals surface area contributed by atoms with Gasteiger partial charge in [-0.15, -0.1) is 11.8 Å². The predicted octanol–water partition coefficient (Wildman–Crippen LogP) is 4.81. The minimum absolute atomic E-state index is 0.0151. The lowest BCUT2D eigenvalue weighted by molar-refractivity contribution is 0.402. The number of benzene rings is 2. The minimum atomic E-state index is -0.716.